The minimum Gasteiger partial charge on any atom is -0.493 e. The van der Waals surface area contributed by atoms with Gasteiger partial charge in [-0.3, -0.25) is 19.8 Å². The lowest BCUT2D eigenvalue weighted by Gasteiger charge is -2.33. The summed E-state index contributed by atoms with van der Waals surface area (Å²) >= 11 is 5.12. The Balaban J connectivity index is 2.42. The van der Waals surface area contributed by atoms with E-state index in [0.29, 0.717) is 17.1 Å². The molecule has 2 amide bonds. The van der Waals surface area contributed by atoms with Crippen LogP contribution in [0, 0.1) is 0 Å². The highest BCUT2D eigenvalue weighted by Gasteiger charge is 2.35. The molecule has 0 aromatic heterocycles. The number of ether oxygens (including phenoxy) is 2. The maximum Gasteiger partial charge on any atom is 0.265 e. The van der Waals surface area contributed by atoms with E-state index in [1.165, 1.54) is 18.1 Å². The van der Waals surface area contributed by atoms with Crippen molar-refractivity contribution in [2.75, 3.05) is 14.2 Å². The van der Waals surface area contributed by atoms with E-state index in [9.17, 15) is 9.59 Å². The summed E-state index contributed by atoms with van der Waals surface area (Å²) in [5.41, 5.74) is 0.694. The molecule has 7 heteroatoms. The fourth-order valence-corrected chi connectivity index (χ4v) is 2.72. The fraction of sp³-hybridized carbons (Fsp3) is 0.353. The Morgan fingerprint density at radius 2 is 1.92 bits per heavy atom. The second kappa shape index (κ2) is 7.44. The molecule has 24 heavy (non-hydrogen) atoms. The SMILES string of the molecule is CC[C@@H](C)N1C(=O)/C(=C\c2ccc(OC)c(OC)c2)C(=O)NC1=S. The number of methoxy groups -OCH3 is 2. The molecular weight excluding hydrogens is 328 g/mol. The number of carbonyl (C=O) groups excluding carboxylic acids is 2. The number of nitrogens with one attached hydrogen (secondary N) is 1. The third-order valence-corrected chi connectivity index (χ3v) is 4.18. The molecule has 0 unspecified atom stereocenters. The number of rotatable bonds is 5. The lowest BCUT2D eigenvalue weighted by atomic mass is 10.1. The summed E-state index contributed by atoms with van der Waals surface area (Å²) in [5.74, 6) is 0.193. The van der Waals surface area contributed by atoms with E-state index in [1.807, 2.05) is 13.8 Å². The maximum atomic E-state index is 12.7. The van der Waals surface area contributed by atoms with Gasteiger partial charge in [-0.2, -0.15) is 0 Å². The Morgan fingerprint density at radius 3 is 2.50 bits per heavy atom. The molecule has 128 valence electrons. The van der Waals surface area contributed by atoms with E-state index in [1.54, 1.807) is 25.3 Å². The van der Waals surface area contributed by atoms with Crippen LogP contribution in [0.1, 0.15) is 25.8 Å². The van der Waals surface area contributed by atoms with Crippen molar-refractivity contribution in [1.29, 1.82) is 0 Å². The molecule has 0 bridgehead atoms. The highest BCUT2D eigenvalue weighted by Crippen LogP contribution is 2.29. The second-order valence-electron chi connectivity index (χ2n) is 5.36. The van der Waals surface area contributed by atoms with Crippen LogP contribution in [-0.4, -0.2) is 42.1 Å². The zero-order valence-electron chi connectivity index (χ0n) is 14.1. The van der Waals surface area contributed by atoms with Crippen molar-refractivity contribution in [3.05, 3.63) is 29.3 Å². The van der Waals surface area contributed by atoms with Crippen LogP contribution in [0.25, 0.3) is 6.08 Å². The summed E-state index contributed by atoms with van der Waals surface area (Å²) in [4.78, 5) is 26.3. The van der Waals surface area contributed by atoms with Gasteiger partial charge in [-0.1, -0.05) is 13.0 Å². The molecule has 1 aliphatic heterocycles. The molecule has 0 aliphatic carbocycles. The largest absolute Gasteiger partial charge is 0.493 e. The van der Waals surface area contributed by atoms with Gasteiger partial charge in [0.2, 0.25) is 0 Å². The third-order valence-electron chi connectivity index (χ3n) is 3.88. The summed E-state index contributed by atoms with van der Waals surface area (Å²) < 4.78 is 10.4. The fourth-order valence-electron chi connectivity index (χ4n) is 2.36. The molecule has 1 atom stereocenters. The van der Waals surface area contributed by atoms with Crippen LogP contribution in [0.2, 0.25) is 0 Å². The predicted octanol–water partition coefficient (Wildman–Crippen LogP) is 2.13. The van der Waals surface area contributed by atoms with Gasteiger partial charge in [0.05, 0.1) is 14.2 Å². The average molecular weight is 348 g/mol. The Kier molecular flexibility index (Phi) is 5.56. The first kappa shape index (κ1) is 17.9. The van der Waals surface area contributed by atoms with Gasteiger partial charge < -0.3 is 9.47 Å². The normalized spacial score (nSPS) is 17.8. The highest BCUT2D eigenvalue weighted by atomic mass is 32.1. The van der Waals surface area contributed by atoms with Crippen LogP contribution >= 0.6 is 12.2 Å². The van der Waals surface area contributed by atoms with Crippen LogP contribution in [0.5, 0.6) is 11.5 Å². The van der Waals surface area contributed by atoms with Crippen molar-refractivity contribution >= 4 is 35.2 Å². The molecule has 1 N–H and O–H groups in total. The summed E-state index contributed by atoms with van der Waals surface area (Å²) in [6.07, 6.45) is 2.25. The first-order valence-corrected chi connectivity index (χ1v) is 7.96. The van der Waals surface area contributed by atoms with Crippen molar-refractivity contribution in [3.8, 4) is 11.5 Å². The molecule has 1 fully saturated rings. The lowest BCUT2D eigenvalue weighted by molar-refractivity contribution is -0.130. The van der Waals surface area contributed by atoms with Gasteiger partial charge in [0.15, 0.2) is 16.6 Å². The van der Waals surface area contributed by atoms with Crippen LogP contribution in [0.3, 0.4) is 0 Å². The molecule has 1 aromatic rings. The van der Waals surface area contributed by atoms with Crippen LogP contribution in [-0.2, 0) is 9.59 Å². The number of hydrogen-bond acceptors (Lipinski definition) is 5. The molecule has 1 heterocycles. The van der Waals surface area contributed by atoms with Crippen molar-refractivity contribution in [1.82, 2.24) is 10.2 Å². The number of benzene rings is 1. The monoisotopic (exact) mass is 348 g/mol. The van der Waals surface area contributed by atoms with Gasteiger partial charge >= 0.3 is 0 Å². The van der Waals surface area contributed by atoms with Gasteiger partial charge in [-0.05, 0) is 49.3 Å². The number of thiocarbonyl (C=S) groups is 1. The zero-order valence-corrected chi connectivity index (χ0v) is 14.9. The van der Waals surface area contributed by atoms with Crippen LogP contribution in [0.15, 0.2) is 23.8 Å². The highest BCUT2D eigenvalue weighted by molar-refractivity contribution is 7.80. The van der Waals surface area contributed by atoms with Gasteiger partial charge in [-0.25, -0.2) is 0 Å². The quantitative estimate of drug-likeness (QED) is 0.502. The standard InChI is InChI=1S/C17H20N2O4S/c1-5-10(2)19-16(21)12(15(20)18-17(19)24)8-11-6-7-13(22-3)14(9-11)23-4/h6-10H,5H2,1-4H3,(H,18,20,24)/b12-8-/t10-/m1/s1. The maximum absolute atomic E-state index is 12.7. The van der Waals surface area contributed by atoms with Crippen molar-refractivity contribution in [2.45, 2.75) is 26.3 Å². The molecule has 6 nitrogen and oxygen atoms in total. The van der Waals surface area contributed by atoms with Gasteiger partial charge in [0, 0.05) is 6.04 Å². The molecule has 1 aliphatic rings. The van der Waals surface area contributed by atoms with Crippen molar-refractivity contribution in [3.63, 3.8) is 0 Å². The van der Waals surface area contributed by atoms with Crippen molar-refractivity contribution in [2.24, 2.45) is 0 Å². The Bertz CT molecular complexity index is 715. The molecule has 1 aromatic carbocycles. The van der Waals surface area contributed by atoms with E-state index in [4.69, 9.17) is 21.7 Å². The summed E-state index contributed by atoms with van der Waals surface area (Å²) in [5, 5.41) is 2.71. The van der Waals surface area contributed by atoms with Crippen molar-refractivity contribution < 1.29 is 19.1 Å². The van der Waals surface area contributed by atoms with E-state index in [2.05, 4.69) is 5.32 Å². The zero-order chi connectivity index (χ0) is 17.9. The van der Waals surface area contributed by atoms with E-state index in [-0.39, 0.29) is 16.7 Å². The molecule has 0 saturated carbocycles. The predicted molar refractivity (Wildman–Crippen MR) is 94.9 cm³/mol. The molecule has 0 spiro atoms. The Hall–Kier alpha value is -2.41. The van der Waals surface area contributed by atoms with Crippen LogP contribution < -0.4 is 14.8 Å². The lowest BCUT2D eigenvalue weighted by Crippen LogP contribution is -2.56. The number of nitrogens with zero attached hydrogens (tertiary/aromatic N) is 1. The average Bonchev–Trinajstić information content (AvgIpc) is 2.57. The number of hydrogen-bond donors (Lipinski definition) is 1. The molecule has 2 rings (SSSR count). The van der Waals surface area contributed by atoms with E-state index in [0.717, 1.165) is 6.42 Å². The molecular formula is C17H20N2O4S. The van der Waals surface area contributed by atoms with E-state index < -0.39 is 11.8 Å². The van der Waals surface area contributed by atoms with Gasteiger partial charge in [-0.15, -0.1) is 0 Å². The first-order valence-electron chi connectivity index (χ1n) is 7.55. The number of carbonyl (C=O) groups is 2. The molecule has 1 saturated heterocycles. The Labute approximate surface area is 146 Å². The smallest absolute Gasteiger partial charge is 0.265 e. The topological polar surface area (TPSA) is 67.9 Å². The van der Waals surface area contributed by atoms with E-state index >= 15 is 0 Å². The second-order valence-corrected chi connectivity index (χ2v) is 5.75. The summed E-state index contributed by atoms with van der Waals surface area (Å²) in [6.45, 7) is 3.84. The van der Waals surface area contributed by atoms with Gasteiger partial charge in [0.1, 0.15) is 5.57 Å². The Morgan fingerprint density at radius 1 is 1.25 bits per heavy atom. The molecule has 0 radical (unpaired) electrons. The minimum atomic E-state index is -0.501. The number of amides is 2. The third kappa shape index (κ3) is 3.41. The summed E-state index contributed by atoms with van der Waals surface area (Å²) in [7, 11) is 3.06. The first-order chi connectivity index (χ1) is 11.4. The van der Waals surface area contributed by atoms with Gasteiger partial charge in [0.25, 0.3) is 11.8 Å². The minimum absolute atomic E-state index is 0.0381. The summed E-state index contributed by atoms with van der Waals surface area (Å²) in [6, 6.07) is 5.06. The van der Waals surface area contributed by atoms with Crippen LogP contribution in [0.4, 0.5) is 0 Å².